The van der Waals surface area contributed by atoms with E-state index in [1.807, 2.05) is 6.20 Å². The smallest absolute Gasteiger partial charge is 0.0635 e. The summed E-state index contributed by atoms with van der Waals surface area (Å²) in [7, 11) is 0. The summed E-state index contributed by atoms with van der Waals surface area (Å²) in [6.07, 6.45) is 5.47. The standard InChI is InChI=1S/C10H16BrN3/c1-2-14-10(8(11)6-13-14)7-4-3-5-9(7)12/h6-7,9H,2-5,12H2,1H3. The van der Waals surface area contributed by atoms with Crippen LogP contribution in [0, 0.1) is 0 Å². The van der Waals surface area contributed by atoms with Crippen LogP contribution >= 0.6 is 15.9 Å². The highest BCUT2D eigenvalue weighted by atomic mass is 79.9. The molecule has 1 aromatic heterocycles. The van der Waals surface area contributed by atoms with Crippen LogP contribution in [0.4, 0.5) is 0 Å². The number of halogens is 1. The van der Waals surface area contributed by atoms with Gasteiger partial charge in [-0.3, -0.25) is 4.68 Å². The van der Waals surface area contributed by atoms with Gasteiger partial charge in [0.15, 0.2) is 0 Å². The minimum absolute atomic E-state index is 0.313. The van der Waals surface area contributed by atoms with Gasteiger partial charge in [-0.25, -0.2) is 0 Å². The van der Waals surface area contributed by atoms with E-state index in [4.69, 9.17) is 5.73 Å². The SMILES string of the molecule is CCn1ncc(Br)c1C1CCCC1N. The van der Waals surface area contributed by atoms with E-state index in [1.54, 1.807) is 0 Å². The number of rotatable bonds is 2. The lowest BCUT2D eigenvalue weighted by molar-refractivity contribution is 0.529. The summed E-state index contributed by atoms with van der Waals surface area (Å²) < 4.78 is 3.17. The molecule has 2 N–H and O–H groups in total. The van der Waals surface area contributed by atoms with E-state index in [0.29, 0.717) is 12.0 Å². The molecule has 2 rings (SSSR count). The van der Waals surface area contributed by atoms with Gasteiger partial charge in [-0.2, -0.15) is 5.10 Å². The summed E-state index contributed by atoms with van der Waals surface area (Å²) in [6, 6.07) is 0.313. The van der Waals surface area contributed by atoms with Crippen molar-refractivity contribution >= 4 is 15.9 Å². The Morgan fingerprint density at radius 2 is 2.43 bits per heavy atom. The molecule has 0 spiro atoms. The van der Waals surface area contributed by atoms with Gasteiger partial charge in [0.2, 0.25) is 0 Å². The van der Waals surface area contributed by atoms with Gasteiger partial charge in [0.05, 0.1) is 16.4 Å². The number of nitrogens with zero attached hydrogens (tertiary/aromatic N) is 2. The predicted molar refractivity (Wildman–Crippen MR) is 60.2 cm³/mol. The van der Waals surface area contributed by atoms with Gasteiger partial charge in [-0.1, -0.05) is 6.42 Å². The largest absolute Gasteiger partial charge is 0.327 e. The number of hydrogen-bond donors (Lipinski definition) is 1. The van der Waals surface area contributed by atoms with E-state index in [0.717, 1.165) is 17.4 Å². The number of nitrogens with two attached hydrogens (primary N) is 1. The van der Waals surface area contributed by atoms with Crippen LogP contribution in [0.2, 0.25) is 0 Å². The molecule has 1 fully saturated rings. The molecule has 0 radical (unpaired) electrons. The zero-order chi connectivity index (χ0) is 10.1. The van der Waals surface area contributed by atoms with E-state index in [2.05, 4.69) is 32.6 Å². The lowest BCUT2D eigenvalue weighted by atomic mass is 10.0. The molecular formula is C10H16BrN3. The van der Waals surface area contributed by atoms with E-state index < -0.39 is 0 Å². The van der Waals surface area contributed by atoms with E-state index in [-0.39, 0.29) is 0 Å². The van der Waals surface area contributed by atoms with Crippen LogP contribution < -0.4 is 5.73 Å². The summed E-state index contributed by atoms with van der Waals surface area (Å²) in [5.41, 5.74) is 7.39. The quantitative estimate of drug-likeness (QED) is 0.884. The normalized spacial score (nSPS) is 27.1. The summed E-state index contributed by atoms with van der Waals surface area (Å²) in [6.45, 7) is 3.04. The third kappa shape index (κ3) is 1.61. The number of hydrogen-bond acceptors (Lipinski definition) is 2. The Hall–Kier alpha value is -0.350. The fourth-order valence-electron chi connectivity index (χ4n) is 2.32. The van der Waals surface area contributed by atoms with Gasteiger partial charge in [-0.15, -0.1) is 0 Å². The molecule has 0 saturated heterocycles. The van der Waals surface area contributed by atoms with Crippen molar-refractivity contribution in [2.45, 2.75) is 44.7 Å². The van der Waals surface area contributed by atoms with Crippen LogP contribution in [-0.4, -0.2) is 15.8 Å². The molecule has 2 unspecified atom stereocenters. The highest BCUT2D eigenvalue weighted by Crippen LogP contribution is 2.36. The predicted octanol–water partition coefficient (Wildman–Crippen LogP) is 2.26. The van der Waals surface area contributed by atoms with Gasteiger partial charge in [0, 0.05) is 18.5 Å². The van der Waals surface area contributed by atoms with Crippen molar-refractivity contribution in [3.63, 3.8) is 0 Å². The molecule has 4 heteroatoms. The Morgan fingerprint density at radius 1 is 1.64 bits per heavy atom. The summed E-state index contributed by atoms with van der Waals surface area (Å²) >= 11 is 3.56. The zero-order valence-electron chi connectivity index (χ0n) is 8.41. The second kappa shape index (κ2) is 4.03. The van der Waals surface area contributed by atoms with Crippen molar-refractivity contribution in [2.24, 2.45) is 5.73 Å². The maximum absolute atomic E-state index is 6.10. The fourth-order valence-corrected chi connectivity index (χ4v) is 2.91. The second-order valence-electron chi connectivity index (χ2n) is 3.89. The first kappa shape index (κ1) is 10.2. The molecule has 1 aliphatic rings. The van der Waals surface area contributed by atoms with E-state index in [1.165, 1.54) is 18.5 Å². The first-order chi connectivity index (χ1) is 6.74. The highest BCUT2D eigenvalue weighted by molar-refractivity contribution is 9.10. The summed E-state index contributed by atoms with van der Waals surface area (Å²) in [4.78, 5) is 0. The Kier molecular flexibility index (Phi) is 2.93. The van der Waals surface area contributed by atoms with Crippen LogP contribution in [0.15, 0.2) is 10.7 Å². The van der Waals surface area contributed by atoms with Crippen LogP contribution in [0.1, 0.15) is 37.8 Å². The van der Waals surface area contributed by atoms with Crippen LogP contribution in [0.25, 0.3) is 0 Å². The molecule has 78 valence electrons. The van der Waals surface area contributed by atoms with Crippen LogP contribution in [0.5, 0.6) is 0 Å². The third-order valence-corrected chi connectivity index (χ3v) is 3.66. The maximum Gasteiger partial charge on any atom is 0.0635 e. The summed E-state index contributed by atoms with van der Waals surface area (Å²) in [5.74, 6) is 0.492. The highest BCUT2D eigenvalue weighted by Gasteiger charge is 2.29. The lowest BCUT2D eigenvalue weighted by Crippen LogP contribution is -2.25. The molecule has 1 heterocycles. The Morgan fingerprint density at radius 3 is 3.00 bits per heavy atom. The van der Waals surface area contributed by atoms with Crippen molar-refractivity contribution in [3.05, 3.63) is 16.4 Å². The minimum Gasteiger partial charge on any atom is -0.327 e. The molecule has 0 aromatic carbocycles. The molecule has 1 aromatic rings. The number of aryl methyl sites for hydroxylation is 1. The summed E-state index contributed by atoms with van der Waals surface area (Å²) in [5, 5.41) is 4.33. The topological polar surface area (TPSA) is 43.8 Å². The van der Waals surface area contributed by atoms with Crippen molar-refractivity contribution in [2.75, 3.05) is 0 Å². The molecule has 3 nitrogen and oxygen atoms in total. The van der Waals surface area contributed by atoms with Gasteiger partial charge in [-0.05, 0) is 35.7 Å². The minimum atomic E-state index is 0.313. The molecule has 0 amide bonds. The average molecular weight is 258 g/mol. The van der Waals surface area contributed by atoms with Crippen molar-refractivity contribution < 1.29 is 0 Å². The van der Waals surface area contributed by atoms with Crippen molar-refractivity contribution in [3.8, 4) is 0 Å². The van der Waals surface area contributed by atoms with Gasteiger partial charge < -0.3 is 5.73 Å². The Bertz CT molecular complexity index is 321. The van der Waals surface area contributed by atoms with Gasteiger partial charge >= 0.3 is 0 Å². The third-order valence-electron chi connectivity index (χ3n) is 3.05. The molecule has 1 saturated carbocycles. The average Bonchev–Trinajstić information content (AvgIpc) is 2.72. The molecule has 1 aliphatic carbocycles. The second-order valence-corrected chi connectivity index (χ2v) is 4.75. The Labute approximate surface area is 92.8 Å². The number of aromatic nitrogens is 2. The van der Waals surface area contributed by atoms with Gasteiger partial charge in [0.1, 0.15) is 0 Å². The first-order valence-electron chi connectivity index (χ1n) is 5.20. The molecule has 14 heavy (non-hydrogen) atoms. The fraction of sp³-hybridized carbons (Fsp3) is 0.700. The molecule has 0 aliphatic heterocycles. The van der Waals surface area contributed by atoms with Crippen molar-refractivity contribution in [1.29, 1.82) is 0 Å². The Balaban J connectivity index is 2.33. The maximum atomic E-state index is 6.10. The van der Waals surface area contributed by atoms with Crippen LogP contribution in [-0.2, 0) is 6.54 Å². The zero-order valence-corrected chi connectivity index (χ0v) is 10.00. The molecule has 0 bridgehead atoms. The first-order valence-corrected chi connectivity index (χ1v) is 6.00. The lowest BCUT2D eigenvalue weighted by Gasteiger charge is -2.17. The van der Waals surface area contributed by atoms with Gasteiger partial charge in [0.25, 0.3) is 0 Å². The van der Waals surface area contributed by atoms with E-state index >= 15 is 0 Å². The van der Waals surface area contributed by atoms with E-state index in [9.17, 15) is 0 Å². The van der Waals surface area contributed by atoms with Crippen LogP contribution in [0.3, 0.4) is 0 Å². The van der Waals surface area contributed by atoms with Crippen molar-refractivity contribution in [1.82, 2.24) is 9.78 Å². The molecule has 2 atom stereocenters. The molecular weight excluding hydrogens is 242 g/mol. The monoisotopic (exact) mass is 257 g/mol.